The van der Waals surface area contributed by atoms with Crippen LogP contribution >= 0.6 is 11.6 Å². The molecular weight excluding hydrogens is 288 g/mol. The van der Waals surface area contributed by atoms with E-state index in [1.54, 1.807) is 0 Å². The van der Waals surface area contributed by atoms with Crippen LogP contribution in [0.4, 0.5) is 5.82 Å². The number of hydrogen-bond acceptors (Lipinski definition) is 5. The Bertz CT molecular complexity index is 601. The molecule has 2 aromatic rings. The highest BCUT2D eigenvalue weighted by Crippen LogP contribution is 2.25. The highest BCUT2D eigenvalue weighted by atomic mass is 35.5. The van der Waals surface area contributed by atoms with E-state index in [0.717, 1.165) is 62.4 Å². The molecule has 0 bridgehead atoms. The lowest BCUT2D eigenvalue weighted by Crippen LogP contribution is -2.37. The zero-order valence-corrected chi connectivity index (χ0v) is 12.6. The van der Waals surface area contributed by atoms with Gasteiger partial charge < -0.3 is 10.1 Å². The number of anilines is 1. The molecule has 1 fully saturated rings. The Morgan fingerprint density at radius 1 is 1.14 bits per heavy atom. The van der Waals surface area contributed by atoms with Crippen molar-refractivity contribution >= 4 is 28.2 Å². The first-order chi connectivity index (χ1) is 10.3. The number of morpholine rings is 1. The molecule has 0 spiro atoms. The van der Waals surface area contributed by atoms with Crippen molar-refractivity contribution in [2.75, 3.05) is 44.7 Å². The first kappa shape index (κ1) is 14.5. The molecule has 6 heteroatoms. The van der Waals surface area contributed by atoms with Gasteiger partial charge in [0.1, 0.15) is 0 Å². The second-order valence-corrected chi connectivity index (χ2v) is 5.48. The summed E-state index contributed by atoms with van der Waals surface area (Å²) in [7, 11) is 0. The molecule has 1 saturated heterocycles. The van der Waals surface area contributed by atoms with Gasteiger partial charge >= 0.3 is 0 Å². The fourth-order valence-corrected chi connectivity index (χ4v) is 2.74. The van der Waals surface area contributed by atoms with Gasteiger partial charge in [-0.3, -0.25) is 4.90 Å². The maximum absolute atomic E-state index is 6.07. The zero-order valence-electron chi connectivity index (χ0n) is 11.9. The summed E-state index contributed by atoms with van der Waals surface area (Å²) in [5.41, 5.74) is 0. The number of ether oxygens (including phenoxy) is 1. The van der Waals surface area contributed by atoms with E-state index in [0.29, 0.717) is 5.15 Å². The van der Waals surface area contributed by atoms with Crippen LogP contribution in [0, 0.1) is 0 Å². The average molecular weight is 307 g/mol. The van der Waals surface area contributed by atoms with E-state index >= 15 is 0 Å². The number of aromatic nitrogens is 2. The van der Waals surface area contributed by atoms with Gasteiger partial charge in [-0.15, -0.1) is 10.2 Å². The quantitative estimate of drug-likeness (QED) is 0.860. The van der Waals surface area contributed by atoms with E-state index in [9.17, 15) is 0 Å². The molecule has 21 heavy (non-hydrogen) atoms. The summed E-state index contributed by atoms with van der Waals surface area (Å²) >= 11 is 6.07. The molecule has 112 valence electrons. The summed E-state index contributed by atoms with van der Waals surface area (Å²) in [4.78, 5) is 2.43. The molecule has 0 unspecified atom stereocenters. The summed E-state index contributed by atoms with van der Waals surface area (Å²) in [5.74, 6) is 0.803. The largest absolute Gasteiger partial charge is 0.379 e. The van der Waals surface area contributed by atoms with Gasteiger partial charge in [-0.05, 0) is 13.0 Å². The Hall–Kier alpha value is -1.43. The van der Waals surface area contributed by atoms with Gasteiger partial charge in [0.15, 0.2) is 11.0 Å². The van der Waals surface area contributed by atoms with Crippen LogP contribution < -0.4 is 5.32 Å². The second kappa shape index (κ2) is 7.02. The number of hydrogen-bond donors (Lipinski definition) is 1. The monoisotopic (exact) mass is 306 g/mol. The molecule has 0 aliphatic carbocycles. The van der Waals surface area contributed by atoms with Crippen molar-refractivity contribution in [1.82, 2.24) is 15.1 Å². The topological polar surface area (TPSA) is 50.3 Å². The van der Waals surface area contributed by atoms with E-state index < -0.39 is 0 Å². The molecular formula is C15H19ClN4O. The van der Waals surface area contributed by atoms with Gasteiger partial charge in [-0.25, -0.2) is 0 Å². The first-order valence-electron chi connectivity index (χ1n) is 7.29. The van der Waals surface area contributed by atoms with Crippen LogP contribution in [0.2, 0.25) is 5.15 Å². The summed E-state index contributed by atoms with van der Waals surface area (Å²) < 4.78 is 5.35. The summed E-state index contributed by atoms with van der Waals surface area (Å²) in [5, 5.41) is 13.9. The predicted octanol–water partition coefficient (Wildman–Crippen LogP) is 2.42. The molecule has 1 aromatic carbocycles. The number of nitrogens with one attached hydrogen (secondary N) is 1. The van der Waals surface area contributed by atoms with Crippen molar-refractivity contribution < 1.29 is 4.74 Å². The normalized spacial score (nSPS) is 16.2. The van der Waals surface area contributed by atoms with Crippen LogP contribution in [-0.4, -0.2) is 54.5 Å². The second-order valence-electron chi connectivity index (χ2n) is 5.12. The molecule has 2 heterocycles. The van der Waals surface area contributed by atoms with Crippen molar-refractivity contribution in [1.29, 1.82) is 0 Å². The van der Waals surface area contributed by atoms with Crippen LogP contribution in [0.1, 0.15) is 6.42 Å². The van der Waals surface area contributed by atoms with Crippen LogP contribution in [0.15, 0.2) is 24.3 Å². The minimum atomic E-state index is 0.449. The number of rotatable bonds is 5. The molecule has 1 aliphatic rings. The highest BCUT2D eigenvalue weighted by Gasteiger charge is 2.10. The Morgan fingerprint density at radius 3 is 2.71 bits per heavy atom. The minimum absolute atomic E-state index is 0.449. The molecule has 3 rings (SSSR count). The number of halogens is 1. The smallest absolute Gasteiger partial charge is 0.159 e. The molecule has 0 radical (unpaired) electrons. The van der Waals surface area contributed by atoms with Gasteiger partial charge in [0.05, 0.1) is 13.2 Å². The lowest BCUT2D eigenvalue weighted by molar-refractivity contribution is 0.0378. The van der Waals surface area contributed by atoms with Crippen LogP contribution in [0.25, 0.3) is 10.8 Å². The molecule has 5 nitrogen and oxygen atoms in total. The fraction of sp³-hybridized carbons (Fsp3) is 0.467. The third-order valence-electron chi connectivity index (χ3n) is 3.69. The van der Waals surface area contributed by atoms with Crippen LogP contribution in [-0.2, 0) is 4.74 Å². The van der Waals surface area contributed by atoms with Crippen molar-refractivity contribution in [2.45, 2.75) is 6.42 Å². The number of fused-ring (bicyclic) bond motifs is 1. The molecule has 1 aliphatic heterocycles. The SMILES string of the molecule is Clc1nnc(NCCCN2CCOCC2)c2ccccc12. The molecule has 1 aromatic heterocycles. The maximum Gasteiger partial charge on any atom is 0.159 e. The van der Waals surface area contributed by atoms with E-state index in [-0.39, 0.29) is 0 Å². The van der Waals surface area contributed by atoms with Gasteiger partial charge in [0, 0.05) is 30.4 Å². The predicted molar refractivity (Wildman–Crippen MR) is 84.9 cm³/mol. The van der Waals surface area contributed by atoms with Crippen molar-refractivity contribution in [2.24, 2.45) is 0 Å². The molecule has 0 atom stereocenters. The number of nitrogens with zero attached hydrogens (tertiary/aromatic N) is 3. The first-order valence-corrected chi connectivity index (χ1v) is 7.67. The standard InChI is InChI=1S/C15H19ClN4O/c16-14-12-4-1-2-5-13(12)15(19-18-14)17-6-3-7-20-8-10-21-11-9-20/h1-2,4-5H,3,6-11H2,(H,17,19). The van der Waals surface area contributed by atoms with Crippen molar-refractivity contribution in [3.63, 3.8) is 0 Å². The minimum Gasteiger partial charge on any atom is -0.379 e. The maximum atomic E-state index is 6.07. The average Bonchev–Trinajstić information content (AvgIpc) is 2.55. The Kier molecular flexibility index (Phi) is 4.85. The summed E-state index contributed by atoms with van der Waals surface area (Å²) in [6.07, 6.45) is 1.07. The zero-order chi connectivity index (χ0) is 14.5. The molecule has 1 N–H and O–H groups in total. The van der Waals surface area contributed by atoms with Gasteiger partial charge in [-0.1, -0.05) is 35.9 Å². The Morgan fingerprint density at radius 2 is 1.90 bits per heavy atom. The summed E-state index contributed by atoms with van der Waals surface area (Å²) in [6.45, 7) is 5.71. The van der Waals surface area contributed by atoms with E-state index in [1.165, 1.54) is 0 Å². The van der Waals surface area contributed by atoms with Gasteiger partial charge in [-0.2, -0.15) is 0 Å². The third kappa shape index (κ3) is 3.61. The molecule has 0 amide bonds. The Balaban J connectivity index is 1.57. The fourth-order valence-electron chi connectivity index (χ4n) is 2.54. The Labute approximate surface area is 129 Å². The highest BCUT2D eigenvalue weighted by molar-refractivity contribution is 6.34. The van der Waals surface area contributed by atoms with Crippen molar-refractivity contribution in [3.8, 4) is 0 Å². The number of benzene rings is 1. The lowest BCUT2D eigenvalue weighted by atomic mass is 10.2. The van der Waals surface area contributed by atoms with Gasteiger partial charge in [0.25, 0.3) is 0 Å². The van der Waals surface area contributed by atoms with Crippen molar-refractivity contribution in [3.05, 3.63) is 29.4 Å². The van der Waals surface area contributed by atoms with E-state index in [4.69, 9.17) is 16.3 Å². The van der Waals surface area contributed by atoms with E-state index in [1.807, 2.05) is 24.3 Å². The lowest BCUT2D eigenvalue weighted by Gasteiger charge is -2.26. The summed E-state index contributed by atoms with van der Waals surface area (Å²) in [6, 6.07) is 7.92. The molecule has 0 saturated carbocycles. The van der Waals surface area contributed by atoms with Crippen LogP contribution in [0.3, 0.4) is 0 Å². The van der Waals surface area contributed by atoms with E-state index in [2.05, 4.69) is 20.4 Å². The van der Waals surface area contributed by atoms with Gasteiger partial charge in [0.2, 0.25) is 0 Å². The third-order valence-corrected chi connectivity index (χ3v) is 3.97. The van der Waals surface area contributed by atoms with Crippen LogP contribution in [0.5, 0.6) is 0 Å².